The highest BCUT2D eigenvalue weighted by molar-refractivity contribution is 8.26. The maximum absolute atomic E-state index is 12.7. The van der Waals surface area contributed by atoms with Crippen LogP contribution >= 0.6 is 24.0 Å². The van der Waals surface area contributed by atoms with Crippen LogP contribution in [0, 0.1) is 10.1 Å². The van der Waals surface area contributed by atoms with Crippen LogP contribution in [-0.4, -0.2) is 45.1 Å². The molecule has 0 aromatic heterocycles. The normalized spacial score (nSPS) is 14.2. The number of anilines is 1. The van der Waals surface area contributed by atoms with Gasteiger partial charge in [0, 0.05) is 30.8 Å². The molecule has 188 valence electrons. The largest absolute Gasteiger partial charge is 0.462 e. The summed E-state index contributed by atoms with van der Waals surface area (Å²) in [7, 11) is 0. The Hall–Kier alpha value is -3.57. The lowest BCUT2D eigenvalue weighted by atomic mass is 10.1. The molecule has 1 fully saturated rings. The number of esters is 1. The third-order valence-corrected chi connectivity index (χ3v) is 6.60. The van der Waals surface area contributed by atoms with E-state index in [2.05, 4.69) is 5.32 Å². The van der Waals surface area contributed by atoms with Crippen molar-refractivity contribution >= 4 is 63.5 Å². The summed E-state index contributed by atoms with van der Waals surface area (Å²) in [5.74, 6) is -0.763. The molecule has 0 atom stereocenters. The second-order valence-electron chi connectivity index (χ2n) is 7.84. The van der Waals surface area contributed by atoms with Gasteiger partial charge >= 0.3 is 5.97 Å². The molecular formula is C25H25N3O6S2. The average molecular weight is 528 g/mol. The number of carbonyl (C=O) groups excluding carboxylic acids is 3. The van der Waals surface area contributed by atoms with Gasteiger partial charge in [0.2, 0.25) is 5.91 Å². The number of ether oxygens (including phenoxy) is 1. The molecule has 1 N–H and O–H groups in total. The van der Waals surface area contributed by atoms with Crippen LogP contribution in [0.3, 0.4) is 0 Å². The highest BCUT2D eigenvalue weighted by Gasteiger charge is 2.31. The van der Waals surface area contributed by atoms with Crippen molar-refractivity contribution in [3.8, 4) is 0 Å². The molecule has 2 aromatic carbocycles. The van der Waals surface area contributed by atoms with Gasteiger partial charge in [-0.1, -0.05) is 42.5 Å². The number of hydrogen-bond acceptors (Lipinski definition) is 8. The van der Waals surface area contributed by atoms with E-state index in [1.165, 1.54) is 28.8 Å². The smallest absolute Gasteiger partial charge is 0.338 e. The fraction of sp³-hybridized carbons (Fsp3) is 0.280. The molecule has 0 unspecified atom stereocenters. The van der Waals surface area contributed by atoms with Crippen molar-refractivity contribution < 1.29 is 24.0 Å². The highest BCUT2D eigenvalue weighted by Crippen LogP contribution is 2.33. The topological polar surface area (TPSA) is 119 Å². The molecule has 0 aliphatic carbocycles. The van der Waals surface area contributed by atoms with Crippen LogP contribution < -0.4 is 5.32 Å². The van der Waals surface area contributed by atoms with Crippen LogP contribution in [0.25, 0.3) is 6.08 Å². The summed E-state index contributed by atoms with van der Waals surface area (Å²) in [4.78, 5) is 49.0. The zero-order valence-electron chi connectivity index (χ0n) is 19.6. The molecule has 2 amide bonds. The third kappa shape index (κ3) is 7.46. The van der Waals surface area contributed by atoms with Crippen molar-refractivity contribution in [3.05, 3.63) is 74.7 Å². The number of non-ortho nitro benzene ring substituents is 1. The summed E-state index contributed by atoms with van der Waals surface area (Å²) < 4.78 is 5.38. The lowest BCUT2D eigenvalue weighted by Crippen LogP contribution is -2.29. The van der Waals surface area contributed by atoms with Gasteiger partial charge in [-0.3, -0.25) is 24.6 Å². The van der Waals surface area contributed by atoms with Gasteiger partial charge in [-0.15, -0.1) is 0 Å². The first-order chi connectivity index (χ1) is 17.3. The van der Waals surface area contributed by atoms with Gasteiger partial charge in [-0.25, -0.2) is 4.79 Å². The van der Waals surface area contributed by atoms with E-state index in [0.29, 0.717) is 58.5 Å². The molecule has 3 rings (SSSR count). The van der Waals surface area contributed by atoms with E-state index in [-0.39, 0.29) is 17.5 Å². The Labute approximate surface area is 218 Å². The van der Waals surface area contributed by atoms with Crippen LogP contribution in [0.1, 0.15) is 48.5 Å². The molecule has 1 aliphatic rings. The first-order valence-corrected chi connectivity index (χ1v) is 12.6. The number of unbranched alkanes of at least 4 members (excludes halogenated alkanes) is 2. The predicted molar refractivity (Wildman–Crippen MR) is 142 cm³/mol. The lowest BCUT2D eigenvalue weighted by Gasteiger charge is -2.14. The lowest BCUT2D eigenvalue weighted by molar-refractivity contribution is -0.384. The molecule has 11 heteroatoms. The van der Waals surface area contributed by atoms with Gasteiger partial charge < -0.3 is 10.1 Å². The molecule has 1 saturated heterocycles. The summed E-state index contributed by atoms with van der Waals surface area (Å²) in [5.41, 5.74) is 1.54. The van der Waals surface area contributed by atoms with Gasteiger partial charge in [-0.2, -0.15) is 0 Å². The minimum Gasteiger partial charge on any atom is -0.462 e. The van der Waals surface area contributed by atoms with Crippen LogP contribution in [-0.2, 0) is 14.3 Å². The predicted octanol–water partition coefficient (Wildman–Crippen LogP) is 5.17. The Morgan fingerprint density at radius 1 is 1.17 bits per heavy atom. The number of nitrogens with one attached hydrogen (secondary N) is 1. The first kappa shape index (κ1) is 27.0. The van der Waals surface area contributed by atoms with Crippen molar-refractivity contribution in [3.63, 3.8) is 0 Å². The second kappa shape index (κ2) is 12.9. The highest BCUT2D eigenvalue weighted by atomic mass is 32.2. The van der Waals surface area contributed by atoms with E-state index in [1.54, 1.807) is 49.4 Å². The first-order valence-electron chi connectivity index (χ1n) is 11.4. The van der Waals surface area contributed by atoms with Crippen LogP contribution in [0.5, 0.6) is 0 Å². The van der Waals surface area contributed by atoms with E-state index in [4.69, 9.17) is 17.0 Å². The molecule has 2 aromatic rings. The fourth-order valence-corrected chi connectivity index (χ4v) is 4.74. The van der Waals surface area contributed by atoms with Crippen LogP contribution in [0.2, 0.25) is 0 Å². The van der Waals surface area contributed by atoms with Gasteiger partial charge in [0.05, 0.1) is 22.0 Å². The zero-order chi connectivity index (χ0) is 26.1. The number of hydrogen-bond donors (Lipinski definition) is 1. The Morgan fingerprint density at radius 3 is 2.61 bits per heavy atom. The molecule has 0 bridgehead atoms. The molecule has 1 aliphatic heterocycles. The molecule has 1 heterocycles. The average Bonchev–Trinajstić information content (AvgIpc) is 3.11. The summed E-state index contributed by atoms with van der Waals surface area (Å²) >= 11 is 6.51. The number of thiocarbonyl (C=S) groups is 1. The van der Waals surface area contributed by atoms with Crippen LogP contribution in [0.15, 0.2) is 53.4 Å². The van der Waals surface area contributed by atoms with Crippen molar-refractivity contribution in [2.45, 2.75) is 32.6 Å². The summed E-state index contributed by atoms with van der Waals surface area (Å²) in [6, 6.07) is 12.6. The minimum atomic E-state index is -0.482. The number of thioether (sulfide) groups is 1. The van der Waals surface area contributed by atoms with Crippen molar-refractivity contribution in [1.29, 1.82) is 0 Å². The number of amides is 2. The number of carbonyl (C=O) groups is 3. The summed E-state index contributed by atoms with van der Waals surface area (Å²) in [5, 5.41) is 13.8. The van der Waals surface area contributed by atoms with Crippen molar-refractivity contribution in [2.75, 3.05) is 18.5 Å². The van der Waals surface area contributed by atoms with E-state index in [0.717, 1.165) is 6.42 Å². The van der Waals surface area contributed by atoms with Gasteiger partial charge in [0.25, 0.3) is 11.6 Å². The Kier molecular flexibility index (Phi) is 9.71. The Morgan fingerprint density at radius 2 is 1.92 bits per heavy atom. The quantitative estimate of drug-likeness (QED) is 0.106. The zero-order valence-corrected chi connectivity index (χ0v) is 21.2. The monoisotopic (exact) mass is 527 g/mol. The Bertz CT molecular complexity index is 1200. The van der Waals surface area contributed by atoms with Crippen molar-refractivity contribution in [1.82, 2.24) is 4.90 Å². The van der Waals surface area contributed by atoms with Gasteiger partial charge in [0.15, 0.2) is 0 Å². The molecule has 0 spiro atoms. The number of nitrogens with zero attached hydrogens (tertiary/aromatic N) is 2. The van der Waals surface area contributed by atoms with E-state index in [9.17, 15) is 24.5 Å². The second-order valence-corrected chi connectivity index (χ2v) is 9.52. The molecule has 0 saturated carbocycles. The fourth-order valence-electron chi connectivity index (χ4n) is 3.43. The molecule has 9 nitrogen and oxygen atoms in total. The number of rotatable bonds is 11. The van der Waals surface area contributed by atoms with Gasteiger partial charge in [0.1, 0.15) is 4.32 Å². The Balaban J connectivity index is 1.41. The standard InChI is InChI=1S/C25H25N3O6S2/c1-2-34-24(31)18-10-12-19(13-11-18)26-22(29)9-4-3-5-14-27-23(30)21(36-25(27)35)16-17-7-6-8-20(15-17)28(32)33/h6-8,10-13,15-16H,2-5,9,14H2,1H3,(H,26,29)/b21-16-. The van der Waals surface area contributed by atoms with Crippen molar-refractivity contribution in [2.24, 2.45) is 0 Å². The SMILES string of the molecule is CCOC(=O)c1ccc(NC(=O)CCCCCN2C(=O)/C(=C/c3cccc([N+](=O)[O-])c3)SC2=S)cc1. The maximum Gasteiger partial charge on any atom is 0.338 e. The summed E-state index contributed by atoms with van der Waals surface area (Å²) in [6.07, 6.45) is 3.99. The van der Waals surface area contributed by atoms with E-state index >= 15 is 0 Å². The third-order valence-electron chi connectivity index (χ3n) is 5.22. The minimum absolute atomic E-state index is 0.0445. The number of nitro groups is 1. The number of benzene rings is 2. The van der Waals surface area contributed by atoms with E-state index in [1.807, 2.05) is 0 Å². The summed E-state index contributed by atoms with van der Waals surface area (Å²) in [6.45, 7) is 2.47. The van der Waals surface area contributed by atoms with Crippen LogP contribution in [0.4, 0.5) is 11.4 Å². The molecule has 36 heavy (non-hydrogen) atoms. The maximum atomic E-state index is 12.7. The van der Waals surface area contributed by atoms with E-state index < -0.39 is 10.9 Å². The number of nitro benzene ring substituents is 1. The van der Waals surface area contributed by atoms with Gasteiger partial charge in [-0.05, 0) is 55.7 Å². The molecular weight excluding hydrogens is 502 g/mol. The molecule has 0 radical (unpaired) electrons.